The normalized spacial score (nSPS) is 11.7. The molecule has 0 aliphatic carbocycles. The third-order valence-corrected chi connectivity index (χ3v) is 1.18. The number of hydrogen-bond donors (Lipinski definition) is 3. The van der Waals surface area contributed by atoms with Gasteiger partial charge in [-0.1, -0.05) is 0 Å². The summed E-state index contributed by atoms with van der Waals surface area (Å²) in [5.41, 5.74) is 5.19. The molecule has 5 heteroatoms. The van der Waals surface area contributed by atoms with Crippen LogP contribution >= 0.6 is 0 Å². The molecule has 62 valence electrons. The van der Waals surface area contributed by atoms with E-state index in [0.29, 0.717) is 19.4 Å². The first-order chi connectivity index (χ1) is 5.18. The van der Waals surface area contributed by atoms with Crippen molar-refractivity contribution in [3.63, 3.8) is 0 Å². The average molecular weight is 157 g/mol. The Morgan fingerprint density at radius 2 is 2.45 bits per heavy atom. The average Bonchev–Trinajstić information content (AvgIpc) is 1.97. The molecular weight excluding hydrogens is 146 g/mol. The number of carboxylic acid groups (broad SMARTS) is 1. The van der Waals surface area contributed by atoms with Crippen LogP contribution in [-0.2, 0) is 4.79 Å². The molecular formula is C6H11N3O2. The second-order valence-corrected chi connectivity index (χ2v) is 2.08. The van der Waals surface area contributed by atoms with Gasteiger partial charge in [0.25, 0.3) is 0 Å². The number of nitrogens with two attached hydrogens (primary N) is 1. The Kier molecular flexibility index (Phi) is 4.98. The third-order valence-electron chi connectivity index (χ3n) is 1.18. The van der Waals surface area contributed by atoms with Crippen molar-refractivity contribution >= 4 is 12.0 Å². The van der Waals surface area contributed by atoms with Crippen LogP contribution in [0.5, 0.6) is 0 Å². The van der Waals surface area contributed by atoms with Crippen LogP contribution in [0.1, 0.15) is 12.8 Å². The highest BCUT2D eigenvalue weighted by Crippen LogP contribution is 1.94. The SMILES string of the molecule is N=C=NCCCC(N)C(=O)O. The quantitative estimate of drug-likeness (QED) is 0.384. The number of rotatable bonds is 5. The molecule has 0 spiro atoms. The van der Waals surface area contributed by atoms with Gasteiger partial charge >= 0.3 is 5.97 Å². The van der Waals surface area contributed by atoms with E-state index in [4.69, 9.17) is 16.2 Å². The van der Waals surface area contributed by atoms with E-state index in [0.717, 1.165) is 0 Å². The van der Waals surface area contributed by atoms with Crippen LogP contribution in [0, 0.1) is 5.41 Å². The highest BCUT2D eigenvalue weighted by molar-refractivity contribution is 5.72. The molecule has 0 aromatic carbocycles. The molecule has 0 aliphatic heterocycles. The molecule has 1 atom stereocenters. The van der Waals surface area contributed by atoms with Crippen molar-refractivity contribution < 1.29 is 9.90 Å². The van der Waals surface area contributed by atoms with Crippen LogP contribution in [0.25, 0.3) is 0 Å². The molecule has 4 N–H and O–H groups in total. The van der Waals surface area contributed by atoms with Gasteiger partial charge in [-0.25, -0.2) is 10.4 Å². The molecule has 0 aromatic rings. The van der Waals surface area contributed by atoms with E-state index in [2.05, 4.69) is 4.99 Å². The smallest absolute Gasteiger partial charge is 0.320 e. The lowest BCUT2D eigenvalue weighted by Gasteiger charge is -2.02. The maximum atomic E-state index is 10.2. The first-order valence-electron chi connectivity index (χ1n) is 3.25. The minimum Gasteiger partial charge on any atom is -0.480 e. The number of carboxylic acids is 1. The van der Waals surface area contributed by atoms with Gasteiger partial charge in [0.2, 0.25) is 0 Å². The summed E-state index contributed by atoms with van der Waals surface area (Å²) in [7, 11) is 0. The van der Waals surface area contributed by atoms with Crippen LogP contribution < -0.4 is 5.73 Å². The Bertz CT molecular complexity index is 175. The molecule has 0 rings (SSSR count). The van der Waals surface area contributed by atoms with E-state index in [-0.39, 0.29) is 0 Å². The highest BCUT2D eigenvalue weighted by Gasteiger charge is 2.09. The standard InChI is InChI=1S/C6H11N3O2/c7-4-9-3-1-2-5(8)6(10)11/h5,7H,1-3,8H2,(H,10,11). The van der Waals surface area contributed by atoms with Crippen molar-refractivity contribution in [3.05, 3.63) is 0 Å². The maximum absolute atomic E-state index is 10.2. The first kappa shape index (κ1) is 9.81. The second kappa shape index (κ2) is 5.58. The molecule has 0 saturated carbocycles. The molecule has 0 bridgehead atoms. The summed E-state index contributed by atoms with van der Waals surface area (Å²) in [5.74, 6) is -0.996. The molecule has 0 radical (unpaired) electrons. The van der Waals surface area contributed by atoms with Crippen molar-refractivity contribution in [2.24, 2.45) is 10.7 Å². The van der Waals surface area contributed by atoms with Gasteiger partial charge in [-0.3, -0.25) is 4.79 Å². The molecule has 0 heterocycles. The van der Waals surface area contributed by atoms with Gasteiger partial charge in [0.15, 0.2) is 0 Å². The third kappa shape index (κ3) is 5.26. The van der Waals surface area contributed by atoms with Gasteiger partial charge in [-0.05, 0) is 12.8 Å². The largest absolute Gasteiger partial charge is 0.480 e. The van der Waals surface area contributed by atoms with Crippen molar-refractivity contribution in [3.8, 4) is 0 Å². The van der Waals surface area contributed by atoms with Crippen molar-refractivity contribution in [1.82, 2.24) is 0 Å². The predicted molar refractivity (Wildman–Crippen MR) is 39.9 cm³/mol. The number of nitrogens with zero attached hydrogens (tertiary/aromatic N) is 1. The number of aliphatic carboxylic acids is 1. The fourth-order valence-corrected chi connectivity index (χ4v) is 0.570. The number of hydrogen-bond acceptors (Lipinski definition) is 4. The van der Waals surface area contributed by atoms with Gasteiger partial charge in [-0.2, -0.15) is 0 Å². The lowest BCUT2D eigenvalue weighted by Crippen LogP contribution is -2.29. The Labute approximate surface area is 64.4 Å². The molecule has 5 nitrogen and oxygen atoms in total. The number of nitrogens with one attached hydrogen (secondary N) is 1. The minimum atomic E-state index is -0.996. The minimum absolute atomic E-state index is 0.389. The van der Waals surface area contributed by atoms with Crippen LogP contribution in [0.15, 0.2) is 4.99 Å². The molecule has 0 fully saturated rings. The number of carbonyl (C=O) groups is 1. The summed E-state index contributed by atoms with van der Waals surface area (Å²) < 4.78 is 0. The summed E-state index contributed by atoms with van der Waals surface area (Å²) in [6.45, 7) is 0.421. The van der Waals surface area contributed by atoms with Gasteiger partial charge in [-0.15, -0.1) is 0 Å². The lowest BCUT2D eigenvalue weighted by molar-refractivity contribution is -0.138. The maximum Gasteiger partial charge on any atom is 0.320 e. The zero-order chi connectivity index (χ0) is 8.69. The monoisotopic (exact) mass is 157 g/mol. The van der Waals surface area contributed by atoms with Gasteiger partial charge in [0.05, 0.1) is 6.01 Å². The Morgan fingerprint density at radius 1 is 1.82 bits per heavy atom. The van der Waals surface area contributed by atoms with Crippen LogP contribution in [-0.4, -0.2) is 29.7 Å². The van der Waals surface area contributed by atoms with E-state index in [1.165, 1.54) is 0 Å². The van der Waals surface area contributed by atoms with Gasteiger partial charge < -0.3 is 10.8 Å². The van der Waals surface area contributed by atoms with Crippen molar-refractivity contribution in [2.75, 3.05) is 6.54 Å². The highest BCUT2D eigenvalue weighted by atomic mass is 16.4. The number of aliphatic imine (C=N–C) groups is 1. The second-order valence-electron chi connectivity index (χ2n) is 2.08. The topological polar surface area (TPSA) is 99.5 Å². The van der Waals surface area contributed by atoms with E-state index in [1.807, 2.05) is 6.01 Å². The van der Waals surface area contributed by atoms with Crippen LogP contribution in [0.3, 0.4) is 0 Å². The summed E-state index contributed by atoms with van der Waals surface area (Å²) in [5, 5.41) is 14.7. The van der Waals surface area contributed by atoms with Gasteiger partial charge in [0.1, 0.15) is 6.04 Å². The van der Waals surface area contributed by atoms with Gasteiger partial charge in [0, 0.05) is 6.54 Å². The lowest BCUT2D eigenvalue weighted by atomic mass is 10.2. The summed E-state index contributed by atoms with van der Waals surface area (Å²) in [6, 6.07) is 1.05. The van der Waals surface area contributed by atoms with Crippen molar-refractivity contribution in [1.29, 1.82) is 5.41 Å². The molecule has 1 unspecified atom stereocenters. The van der Waals surface area contributed by atoms with E-state index in [9.17, 15) is 4.79 Å². The molecule has 0 aromatic heterocycles. The van der Waals surface area contributed by atoms with E-state index >= 15 is 0 Å². The van der Waals surface area contributed by atoms with Crippen LogP contribution in [0.2, 0.25) is 0 Å². The fourth-order valence-electron chi connectivity index (χ4n) is 0.570. The Balaban J connectivity index is 3.38. The Morgan fingerprint density at radius 3 is 2.91 bits per heavy atom. The van der Waals surface area contributed by atoms with E-state index < -0.39 is 12.0 Å². The summed E-state index contributed by atoms with van der Waals surface area (Å²) >= 11 is 0. The Hall–Kier alpha value is -1.19. The van der Waals surface area contributed by atoms with Crippen LogP contribution in [0.4, 0.5) is 0 Å². The van der Waals surface area contributed by atoms with E-state index in [1.54, 1.807) is 0 Å². The zero-order valence-corrected chi connectivity index (χ0v) is 6.08. The summed E-state index contributed by atoms with van der Waals surface area (Å²) in [6.07, 6.45) is 0.972. The molecule has 0 saturated heterocycles. The van der Waals surface area contributed by atoms with Crippen molar-refractivity contribution in [2.45, 2.75) is 18.9 Å². The molecule has 11 heavy (non-hydrogen) atoms. The first-order valence-corrected chi connectivity index (χ1v) is 3.25. The molecule has 0 amide bonds. The fraction of sp³-hybridized carbons (Fsp3) is 0.667. The molecule has 0 aliphatic rings. The zero-order valence-electron chi connectivity index (χ0n) is 6.08. The predicted octanol–water partition coefficient (Wildman–Crippen LogP) is -0.0688. The summed E-state index contributed by atoms with van der Waals surface area (Å²) in [4.78, 5) is 13.6.